The number of hydrogen-bond acceptors (Lipinski definition) is 2. The highest BCUT2D eigenvalue weighted by Gasteiger charge is 2.21. The normalized spacial score (nSPS) is 27.5. The van der Waals surface area contributed by atoms with E-state index in [4.69, 9.17) is 10.5 Å². The highest BCUT2D eigenvalue weighted by Crippen LogP contribution is 2.32. The first kappa shape index (κ1) is 7.62. The van der Waals surface area contributed by atoms with Crippen molar-refractivity contribution in [3.63, 3.8) is 0 Å². The van der Waals surface area contributed by atoms with Gasteiger partial charge in [0.25, 0.3) is 0 Å². The number of fused-ring (bicyclic) bond motifs is 1. The van der Waals surface area contributed by atoms with Crippen molar-refractivity contribution in [2.45, 2.75) is 25.5 Å². The molecule has 0 saturated heterocycles. The molecule has 2 heteroatoms. The Morgan fingerprint density at radius 3 is 3.00 bits per heavy atom. The molecule has 12 heavy (non-hydrogen) atoms. The average molecular weight is 163 g/mol. The van der Waals surface area contributed by atoms with Gasteiger partial charge >= 0.3 is 0 Å². The average Bonchev–Trinajstić information content (AvgIpc) is 2.04. The van der Waals surface area contributed by atoms with Crippen LogP contribution in [-0.4, -0.2) is 6.10 Å². The summed E-state index contributed by atoms with van der Waals surface area (Å²) >= 11 is 0. The molecule has 2 nitrogen and oxygen atoms in total. The lowest BCUT2D eigenvalue weighted by molar-refractivity contribution is 0.177. The Labute approximate surface area is 72.3 Å². The summed E-state index contributed by atoms with van der Waals surface area (Å²) < 4.78 is 5.62. The lowest BCUT2D eigenvalue weighted by atomic mass is 9.98. The van der Waals surface area contributed by atoms with E-state index in [0.717, 1.165) is 17.7 Å². The second kappa shape index (κ2) is 2.79. The van der Waals surface area contributed by atoms with Gasteiger partial charge in [0, 0.05) is 18.0 Å². The van der Waals surface area contributed by atoms with Crippen LogP contribution in [0.5, 0.6) is 5.75 Å². The second-order valence-corrected chi connectivity index (χ2v) is 3.31. The SMILES string of the molecule is CC1CC(N)c2ccccc2O1. The van der Waals surface area contributed by atoms with Crippen LogP contribution in [0.4, 0.5) is 0 Å². The van der Waals surface area contributed by atoms with Crippen molar-refractivity contribution in [1.29, 1.82) is 0 Å². The van der Waals surface area contributed by atoms with E-state index in [2.05, 4.69) is 6.92 Å². The molecule has 1 aliphatic heterocycles. The van der Waals surface area contributed by atoms with E-state index in [0.29, 0.717) is 0 Å². The fourth-order valence-corrected chi connectivity index (χ4v) is 1.64. The molecule has 1 aromatic carbocycles. The van der Waals surface area contributed by atoms with Gasteiger partial charge in [-0.1, -0.05) is 18.2 Å². The molecule has 2 N–H and O–H groups in total. The summed E-state index contributed by atoms with van der Waals surface area (Å²) in [4.78, 5) is 0. The molecule has 0 saturated carbocycles. The molecule has 1 aromatic rings. The van der Waals surface area contributed by atoms with Crippen LogP contribution < -0.4 is 10.5 Å². The highest BCUT2D eigenvalue weighted by atomic mass is 16.5. The van der Waals surface area contributed by atoms with Crippen LogP contribution in [0, 0.1) is 0 Å². The summed E-state index contributed by atoms with van der Waals surface area (Å²) in [5, 5.41) is 0. The third kappa shape index (κ3) is 1.18. The summed E-state index contributed by atoms with van der Waals surface area (Å²) in [5.74, 6) is 0.948. The maximum absolute atomic E-state index is 5.96. The zero-order valence-electron chi connectivity index (χ0n) is 7.16. The van der Waals surface area contributed by atoms with Gasteiger partial charge in [-0.2, -0.15) is 0 Å². The minimum absolute atomic E-state index is 0.143. The Hall–Kier alpha value is -1.02. The van der Waals surface area contributed by atoms with Gasteiger partial charge in [-0.05, 0) is 13.0 Å². The number of rotatable bonds is 0. The molecule has 0 bridgehead atoms. The van der Waals surface area contributed by atoms with Crippen molar-refractivity contribution in [3.8, 4) is 5.75 Å². The standard InChI is InChI=1S/C10H13NO/c1-7-6-9(11)8-4-2-3-5-10(8)12-7/h2-5,7,9H,6,11H2,1H3. The van der Waals surface area contributed by atoms with Crippen molar-refractivity contribution in [3.05, 3.63) is 29.8 Å². The van der Waals surface area contributed by atoms with Gasteiger partial charge in [0.2, 0.25) is 0 Å². The van der Waals surface area contributed by atoms with E-state index >= 15 is 0 Å². The van der Waals surface area contributed by atoms with E-state index in [1.165, 1.54) is 0 Å². The van der Waals surface area contributed by atoms with Gasteiger partial charge in [-0.3, -0.25) is 0 Å². The molecular formula is C10H13NO. The van der Waals surface area contributed by atoms with Gasteiger partial charge in [-0.25, -0.2) is 0 Å². The van der Waals surface area contributed by atoms with E-state index in [9.17, 15) is 0 Å². The number of hydrogen-bond donors (Lipinski definition) is 1. The molecule has 0 amide bonds. The highest BCUT2D eigenvalue weighted by molar-refractivity contribution is 5.37. The largest absolute Gasteiger partial charge is 0.490 e. The molecule has 1 heterocycles. The van der Waals surface area contributed by atoms with Crippen LogP contribution in [0.25, 0.3) is 0 Å². The summed E-state index contributed by atoms with van der Waals surface area (Å²) in [6.07, 6.45) is 1.16. The quantitative estimate of drug-likeness (QED) is 0.633. The lowest BCUT2D eigenvalue weighted by Gasteiger charge is -2.27. The first-order valence-corrected chi connectivity index (χ1v) is 4.28. The Kier molecular flexibility index (Phi) is 1.77. The van der Waals surface area contributed by atoms with Gasteiger partial charge in [0.1, 0.15) is 5.75 Å². The molecule has 2 atom stereocenters. The summed E-state index contributed by atoms with van der Waals surface area (Å²) in [5.41, 5.74) is 7.09. The monoisotopic (exact) mass is 163 g/mol. The van der Waals surface area contributed by atoms with Gasteiger partial charge in [0.15, 0.2) is 0 Å². The molecule has 0 radical (unpaired) electrons. The Morgan fingerprint density at radius 2 is 2.17 bits per heavy atom. The Bertz CT molecular complexity index is 285. The Morgan fingerprint density at radius 1 is 1.42 bits per heavy atom. The van der Waals surface area contributed by atoms with Crippen molar-refractivity contribution < 1.29 is 4.74 Å². The minimum Gasteiger partial charge on any atom is -0.490 e. The summed E-state index contributed by atoms with van der Waals surface area (Å²) in [6.45, 7) is 2.05. The summed E-state index contributed by atoms with van der Waals surface area (Å²) in [7, 11) is 0. The zero-order chi connectivity index (χ0) is 8.55. The molecule has 0 aliphatic carbocycles. The third-order valence-corrected chi connectivity index (χ3v) is 2.23. The van der Waals surface area contributed by atoms with Gasteiger partial charge in [0.05, 0.1) is 6.10 Å². The second-order valence-electron chi connectivity index (χ2n) is 3.31. The smallest absolute Gasteiger partial charge is 0.124 e. The Balaban J connectivity index is 2.40. The first-order chi connectivity index (χ1) is 5.77. The lowest BCUT2D eigenvalue weighted by Crippen LogP contribution is -2.26. The molecule has 64 valence electrons. The maximum Gasteiger partial charge on any atom is 0.124 e. The minimum atomic E-state index is 0.143. The predicted molar refractivity (Wildman–Crippen MR) is 48.1 cm³/mol. The van der Waals surface area contributed by atoms with Crippen LogP contribution in [-0.2, 0) is 0 Å². The number of benzene rings is 1. The molecule has 2 rings (SSSR count). The molecule has 1 aliphatic rings. The van der Waals surface area contributed by atoms with Crippen LogP contribution >= 0.6 is 0 Å². The van der Waals surface area contributed by atoms with E-state index in [-0.39, 0.29) is 12.1 Å². The molecule has 0 fully saturated rings. The zero-order valence-corrected chi connectivity index (χ0v) is 7.16. The van der Waals surface area contributed by atoms with E-state index in [1.54, 1.807) is 0 Å². The molecule has 0 spiro atoms. The summed E-state index contributed by atoms with van der Waals surface area (Å²) in [6, 6.07) is 8.13. The van der Waals surface area contributed by atoms with Gasteiger partial charge < -0.3 is 10.5 Å². The fourth-order valence-electron chi connectivity index (χ4n) is 1.64. The molecule has 0 aromatic heterocycles. The van der Waals surface area contributed by atoms with Crippen molar-refractivity contribution in [2.75, 3.05) is 0 Å². The first-order valence-electron chi connectivity index (χ1n) is 4.28. The predicted octanol–water partition coefficient (Wildman–Crippen LogP) is 1.86. The molecule has 2 unspecified atom stereocenters. The van der Waals surface area contributed by atoms with E-state index < -0.39 is 0 Å². The fraction of sp³-hybridized carbons (Fsp3) is 0.400. The van der Waals surface area contributed by atoms with Gasteiger partial charge in [-0.15, -0.1) is 0 Å². The van der Waals surface area contributed by atoms with Crippen molar-refractivity contribution in [2.24, 2.45) is 5.73 Å². The van der Waals surface area contributed by atoms with Crippen molar-refractivity contribution >= 4 is 0 Å². The van der Waals surface area contributed by atoms with Crippen molar-refractivity contribution in [1.82, 2.24) is 0 Å². The van der Waals surface area contributed by atoms with Crippen LogP contribution in [0.3, 0.4) is 0 Å². The third-order valence-electron chi connectivity index (χ3n) is 2.23. The number of para-hydroxylation sites is 1. The topological polar surface area (TPSA) is 35.2 Å². The number of nitrogens with two attached hydrogens (primary N) is 1. The number of ether oxygens (including phenoxy) is 1. The van der Waals surface area contributed by atoms with Crippen LogP contribution in [0.2, 0.25) is 0 Å². The maximum atomic E-state index is 5.96. The van der Waals surface area contributed by atoms with Crippen LogP contribution in [0.1, 0.15) is 24.9 Å². The molecular weight excluding hydrogens is 150 g/mol. The van der Waals surface area contributed by atoms with E-state index in [1.807, 2.05) is 24.3 Å². The van der Waals surface area contributed by atoms with Crippen LogP contribution in [0.15, 0.2) is 24.3 Å².